The van der Waals surface area contributed by atoms with Crippen molar-refractivity contribution in [3.8, 4) is 0 Å². The first-order valence-corrected chi connectivity index (χ1v) is 8.00. The summed E-state index contributed by atoms with van der Waals surface area (Å²) in [4.78, 5) is 5.04. The molecule has 0 spiro atoms. The average molecular weight is 286 g/mol. The van der Waals surface area contributed by atoms with E-state index in [4.69, 9.17) is 9.47 Å². The second kappa shape index (κ2) is 8.32. The lowest BCUT2D eigenvalue weighted by atomic mass is 10.2. The summed E-state index contributed by atoms with van der Waals surface area (Å²) in [5, 5.41) is 0. The van der Waals surface area contributed by atoms with Gasteiger partial charge in [0.1, 0.15) is 0 Å². The standard InChI is InChI=1S/C16H34N2O2/c1-14(2)19-11-10-18-8-7-17(13-15(18)3)9-12-20-16(4,5)6/h14-15H,7-13H2,1-6H3/t15-/m0/s1. The Kier molecular flexibility index (Phi) is 7.45. The van der Waals surface area contributed by atoms with Gasteiger partial charge in [-0.2, -0.15) is 0 Å². The molecule has 4 heteroatoms. The van der Waals surface area contributed by atoms with Gasteiger partial charge in [0, 0.05) is 38.8 Å². The first-order chi connectivity index (χ1) is 9.28. The minimum absolute atomic E-state index is 0.0262. The Morgan fingerprint density at radius 2 is 1.80 bits per heavy atom. The Bertz CT molecular complexity index is 264. The average Bonchev–Trinajstić information content (AvgIpc) is 2.30. The van der Waals surface area contributed by atoms with Crippen molar-refractivity contribution in [2.75, 3.05) is 45.9 Å². The smallest absolute Gasteiger partial charge is 0.0600 e. The van der Waals surface area contributed by atoms with Crippen LogP contribution >= 0.6 is 0 Å². The highest BCUT2D eigenvalue weighted by Gasteiger charge is 2.23. The quantitative estimate of drug-likeness (QED) is 0.716. The monoisotopic (exact) mass is 286 g/mol. The van der Waals surface area contributed by atoms with Crippen molar-refractivity contribution < 1.29 is 9.47 Å². The van der Waals surface area contributed by atoms with Crippen molar-refractivity contribution in [2.24, 2.45) is 0 Å². The summed E-state index contributed by atoms with van der Waals surface area (Å²) >= 11 is 0. The lowest BCUT2D eigenvalue weighted by Crippen LogP contribution is -2.53. The molecule has 1 atom stereocenters. The molecule has 1 saturated heterocycles. The third-order valence-corrected chi connectivity index (χ3v) is 3.62. The summed E-state index contributed by atoms with van der Waals surface area (Å²) in [6, 6.07) is 0.606. The van der Waals surface area contributed by atoms with E-state index in [9.17, 15) is 0 Å². The van der Waals surface area contributed by atoms with Crippen molar-refractivity contribution in [1.29, 1.82) is 0 Å². The molecule has 4 nitrogen and oxygen atoms in total. The molecule has 0 aromatic rings. The van der Waals surface area contributed by atoms with Gasteiger partial charge in [0.05, 0.1) is 24.9 Å². The Balaban J connectivity index is 2.18. The summed E-state index contributed by atoms with van der Waals surface area (Å²) < 4.78 is 11.5. The van der Waals surface area contributed by atoms with E-state index in [0.29, 0.717) is 12.1 Å². The van der Waals surface area contributed by atoms with Crippen LogP contribution in [0.25, 0.3) is 0 Å². The fourth-order valence-electron chi connectivity index (χ4n) is 2.49. The molecule has 1 rings (SSSR count). The highest BCUT2D eigenvalue weighted by atomic mass is 16.5. The van der Waals surface area contributed by atoms with E-state index in [1.165, 1.54) is 0 Å². The van der Waals surface area contributed by atoms with Crippen molar-refractivity contribution in [2.45, 2.75) is 59.3 Å². The Morgan fingerprint density at radius 3 is 2.35 bits per heavy atom. The van der Waals surface area contributed by atoms with Gasteiger partial charge in [-0.15, -0.1) is 0 Å². The number of nitrogens with zero attached hydrogens (tertiary/aromatic N) is 2. The molecule has 1 heterocycles. The topological polar surface area (TPSA) is 24.9 Å². The van der Waals surface area contributed by atoms with Crippen LogP contribution in [-0.2, 0) is 9.47 Å². The first kappa shape index (κ1) is 17.9. The second-order valence-corrected chi connectivity index (χ2v) is 7.07. The third kappa shape index (κ3) is 7.58. The van der Waals surface area contributed by atoms with E-state index in [-0.39, 0.29) is 5.60 Å². The van der Waals surface area contributed by atoms with Gasteiger partial charge >= 0.3 is 0 Å². The van der Waals surface area contributed by atoms with Crippen LogP contribution in [0.1, 0.15) is 41.5 Å². The lowest BCUT2D eigenvalue weighted by molar-refractivity contribution is -0.0252. The largest absolute Gasteiger partial charge is 0.377 e. The van der Waals surface area contributed by atoms with Crippen LogP contribution in [0.2, 0.25) is 0 Å². The third-order valence-electron chi connectivity index (χ3n) is 3.62. The van der Waals surface area contributed by atoms with E-state index in [2.05, 4.69) is 51.3 Å². The fraction of sp³-hybridized carbons (Fsp3) is 1.00. The minimum atomic E-state index is -0.0262. The maximum Gasteiger partial charge on any atom is 0.0600 e. The highest BCUT2D eigenvalue weighted by Crippen LogP contribution is 2.11. The fourth-order valence-corrected chi connectivity index (χ4v) is 2.49. The zero-order valence-corrected chi connectivity index (χ0v) is 14.3. The maximum absolute atomic E-state index is 5.81. The Labute approximate surface area is 125 Å². The molecule has 0 saturated carbocycles. The number of piperazine rings is 1. The molecule has 1 aliphatic rings. The van der Waals surface area contributed by atoms with Crippen molar-refractivity contribution in [3.05, 3.63) is 0 Å². The molecule has 1 fully saturated rings. The van der Waals surface area contributed by atoms with Crippen LogP contribution in [-0.4, -0.2) is 73.5 Å². The van der Waals surface area contributed by atoms with Crippen LogP contribution in [0.15, 0.2) is 0 Å². The maximum atomic E-state index is 5.81. The zero-order valence-electron chi connectivity index (χ0n) is 14.3. The molecule has 1 aliphatic heterocycles. The predicted molar refractivity (Wildman–Crippen MR) is 84.3 cm³/mol. The number of ether oxygens (including phenoxy) is 2. The molecule has 0 aromatic heterocycles. The van der Waals surface area contributed by atoms with Gasteiger partial charge in [-0.05, 0) is 41.5 Å². The van der Waals surface area contributed by atoms with E-state index in [0.717, 1.165) is 45.9 Å². The van der Waals surface area contributed by atoms with E-state index >= 15 is 0 Å². The van der Waals surface area contributed by atoms with E-state index < -0.39 is 0 Å². The number of hydrogen-bond donors (Lipinski definition) is 0. The lowest BCUT2D eigenvalue weighted by Gasteiger charge is -2.40. The molecule has 0 aromatic carbocycles. The van der Waals surface area contributed by atoms with Crippen molar-refractivity contribution >= 4 is 0 Å². The normalized spacial score (nSPS) is 22.6. The van der Waals surface area contributed by atoms with Crippen molar-refractivity contribution in [1.82, 2.24) is 9.80 Å². The minimum Gasteiger partial charge on any atom is -0.377 e. The van der Waals surface area contributed by atoms with Crippen molar-refractivity contribution in [3.63, 3.8) is 0 Å². The van der Waals surface area contributed by atoms with Gasteiger partial charge in [-0.25, -0.2) is 0 Å². The first-order valence-electron chi connectivity index (χ1n) is 8.00. The summed E-state index contributed by atoms with van der Waals surface area (Å²) in [6.45, 7) is 20.0. The Morgan fingerprint density at radius 1 is 1.10 bits per heavy atom. The summed E-state index contributed by atoms with van der Waals surface area (Å²) in [6.07, 6.45) is 0.334. The number of hydrogen-bond acceptors (Lipinski definition) is 4. The van der Waals surface area contributed by atoms with Crippen LogP contribution in [0.5, 0.6) is 0 Å². The van der Waals surface area contributed by atoms with Gasteiger partial charge in [-0.3, -0.25) is 9.80 Å². The van der Waals surface area contributed by atoms with Crippen LogP contribution in [0.4, 0.5) is 0 Å². The zero-order chi connectivity index (χ0) is 15.2. The second-order valence-electron chi connectivity index (χ2n) is 7.07. The van der Waals surface area contributed by atoms with Gasteiger partial charge in [-0.1, -0.05) is 0 Å². The predicted octanol–water partition coefficient (Wildman–Crippen LogP) is 2.23. The summed E-state index contributed by atoms with van der Waals surface area (Å²) in [5.74, 6) is 0. The molecular formula is C16H34N2O2. The molecule has 0 radical (unpaired) electrons. The van der Waals surface area contributed by atoms with Gasteiger partial charge in [0.15, 0.2) is 0 Å². The number of rotatable bonds is 7. The van der Waals surface area contributed by atoms with E-state index in [1.807, 2.05) is 0 Å². The SMILES string of the molecule is CC(C)OCCN1CCN(CCOC(C)(C)C)C[C@@H]1C. The van der Waals surface area contributed by atoms with Crippen LogP contribution in [0.3, 0.4) is 0 Å². The molecule has 0 unspecified atom stereocenters. The molecular weight excluding hydrogens is 252 g/mol. The van der Waals surface area contributed by atoms with Crippen LogP contribution in [0, 0.1) is 0 Å². The van der Waals surface area contributed by atoms with Gasteiger partial charge < -0.3 is 9.47 Å². The van der Waals surface area contributed by atoms with Crippen LogP contribution < -0.4 is 0 Å². The molecule has 0 bridgehead atoms. The molecule has 0 aliphatic carbocycles. The molecule has 20 heavy (non-hydrogen) atoms. The van der Waals surface area contributed by atoms with Gasteiger partial charge in [0.25, 0.3) is 0 Å². The summed E-state index contributed by atoms with van der Waals surface area (Å²) in [7, 11) is 0. The molecule has 0 amide bonds. The van der Waals surface area contributed by atoms with E-state index in [1.54, 1.807) is 0 Å². The van der Waals surface area contributed by atoms with Gasteiger partial charge in [0.2, 0.25) is 0 Å². The molecule has 0 N–H and O–H groups in total. The molecule has 120 valence electrons. The Hall–Kier alpha value is -0.160. The summed E-state index contributed by atoms with van der Waals surface area (Å²) in [5.41, 5.74) is -0.0262. The highest BCUT2D eigenvalue weighted by molar-refractivity contribution is 4.79.